The minimum Gasteiger partial charge on any atom is -0.193 e. The Morgan fingerprint density at radius 2 is 1.89 bits per heavy atom. The van der Waals surface area contributed by atoms with Gasteiger partial charge in [-0.2, -0.15) is 5.26 Å². The highest BCUT2D eigenvalue weighted by Gasteiger charge is 2.12. The normalized spacial score (nSPS) is 15.2. The number of benzene rings is 1. The van der Waals surface area contributed by atoms with Gasteiger partial charge in [0.2, 0.25) is 0 Å². The second kappa shape index (κ2) is 6.48. The molecule has 1 aliphatic rings. The second-order valence-electron chi connectivity index (χ2n) is 4.48. The molecule has 0 aliphatic heterocycles. The summed E-state index contributed by atoms with van der Waals surface area (Å²) in [4.78, 5) is 0. The van der Waals surface area contributed by atoms with Crippen LogP contribution in [0.1, 0.15) is 24.8 Å². The standard InChI is InChI=1S/C15H12Cl3N/c16-13-5-6-14(17)11(8-13)3-1-10-2-4-12(9-19)15(18)7-10/h5-8H,1-4H2. The lowest BCUT2D eigenvalue weighted by molar-refractivity contribution is 0.825. The van der Waals surface area contributed by atoms with Gasteiger partial charge in [0.05, 0.1) is 11.1 Å². The van der Waals surface area contributed by atoms with E-state index in [0.29, 0.717) is 15.6 Å². The molecule has 0 saturated heterocycles. The average Bonchev–Trinajstić information content (AvgIpc) is 2.40. The van der Waals surface area contributed by atoms with E-state index in [-0.39, 0.29) is 0 Å². The van der Waals surface area contributed by atoms with Crippen LogP contribution in [-0.2, 0) is 6.42 Å². The van der Waals surface area contributed by atoms with E-state index in [4.69, 9.17) is 40.1 Å². The largest absolute Gasteiger partial charge is 0.193 e. The number of nitrogens with zero attached hydrogens (tertiary/aromatic N) is 1. The Kier molecular flexibility index (Phi) is 4.93. The summed E-state index contributed by atoms with van der Waals surface area (Å²) < 4.78 is 0. The highest BCUT2D eigenvalue weighted by molar-refractivity contribution is 6.33. The van der Waals surface area contributed by atoms with Gasteiger partial charge >= 0.3 is 0 Å². The number of rotatable bonds is 3. The highest BCUT2D eigenvalue weighted by atomic mass is 35.5. The van der Waals surface area contributed by atoms with E-state index in [9.17, 15) is 0 Å². The third kappa shape index (κ3) is 3.76. The molecule has 0 N–H and O–H groups in total. The topological polar surface area (TPSA) is 23.8 Å². The van der Waals surface area contributed by atoms with Crippen LogP contribution in [0.25, 0.3) is 0 Å². The molecule has 0 fully saturated rings. The molecule has 0 heterocycles. The fraction of sp³-hybridized carbons (Fsp3) is 0.267. The molecule has 0 unspecified atom stereocenters. The van der Waals surface area contributed by atoms with Crippen LogP contribution in [0.4, 0.5) is 0 Å². The third-order valence-electron chi connectivity index (χ3n) is 3.17. The van der Waals surface area contributed by atoms with Crippen LogP contribution in [0, 0.1) is 11.3 Å². The Morgan fingerprint density at radius 1 is 1.11 bits per heavy atom. The van der Waals surface area contributed by atoms with Gasteiger partial charge in [0.1, 0.15) is 0 Å². The zero-order chi connectivity index (χ0) is 13.8. The summed E-state index contributed by atoms with van der Waals surface area (Å²) >= 11 is 18.1. The number of halogens is 3. The predicted molar refractivity (Wildman–Crippen MR) is 80.6 cm³/mol. The molecule has 0 aromatic heterocycles. The van der Waals surface area contributed by atoms with Gasteiger partial charge < -0.3 is 0 Å². The fourth-order valence-electron chi connectivity index (χ4n) is 2.08. The van der Waals surface area contributed by atoms with E-state index in [2.05, 4.69) is 6.07 Å². The van der Waals surface area contributed by atoms with Gasteiger partial charge in [0, 0.05) is 15.6 Å². The average molecular weight is 313 g/mol. The number of hydrogen-bond acceptors (Lipinski definition) is 1. The first-order chi connectivity index (χ1) is 9.10. The van der Waals surface area contributed by atoms with Crippen molar-refractivity contribution in [1.29, 1.82) is 5.26 Å². The van der Waals surface area contributed by atoms with Crippen molar-refractivity contribution in [2.45, 2.75) is 25.7 Å². The van der Waals surface area contributed by atoms with Crippen molar-refractivity contribution in [3.05, 3.63) is 56.1 Å². The lowest BCUT2D eigenvalue weighted by atomic mass is 9.94. The Balaban J connectivity index is 2.06. The summed E-state index contributed by atoms with van der Waals surface area (Å²) in [6, 6.07) is 7.62. The summed E-state index contributed by atoms with van der Waals surface area (Å²) in [7, 11) is 0. The van der Waals surface area contributed by atoms with E-state index >= 15 is 0 Å². The molecule has 2 rings (SSSR count). The Labute approximate surface area is 128 Å². The van der Waals surface area contributed by atoms with E-state index in [1.165, 1.54) is 5.57 Å². The molecule has 19 heavy (non-hydrogen) atoms. The molecule has 0 spiro atoms. The maximum atomic E-state index is 8.87. The molecule has 1 aromatic rings. The molecule has 1 aromatic carbocycles. The number of hydrogen-bond donors (Lipinski definition) is 0. The summed E-state index contributed by atoms with van der Waals surface area (Å²) in [5.41, 5.74) is 2.97. The zero-order valence-corrected chi connectivity index (χ0v) is 12.5. The smallest absolute Gasteiger partial charge is 0.0962 e. The molecule has 1 aliphatic carbocycles. The van der Waals surface area contributed by atoms with Crippen molar-refractivity contribution >= 4 is 34.8 Å². The van der Waals surface area contributed by atoms with Crippen molar-refractivity contribution in [1.82, 2.24) is 0 Å². The monoisotopic (exact) mass is 311 g/mol. The van der Waals surface area contributed by atoms with Crippen LogP contribution in [0.15, 0.2) is 40.5 Å². The van der Waals surface area contributed by atoms with E-state index in [1.807, 2.05) is 18.2 Å². The Morgan fingerprint density at radius 3 is 2.58 bits per heavy atom. The Hall–Kier alpha value is -0.940. The van der Waals surface area contributed by atoms with Crippen LogP contribution in [0.3, 0.4) is 0 Å². The molecular weight excluding hydrogens is 301 g/mol. The maximum absolute atomic E-state index is 8.87. The molecular formula is C15H12Cl3N. The van der Waals surface area contributed by atoms with Crippen LogP contribution >= 0.6 is 34.8 Å². The van der Waals surface area contributed by atoms with E-state index < -0.39 is 0 Å². The number of aryl methyl sites for hydroxylation is 1. The van der Waals surface area contributed by atoms with Crippen molar-refractivity contribution in [3.8, 4) is 6.07 Å². The summed E-state index contributed by atoms with van der Waals surface area (Å²) in [6.07, 6.45) is 5.23. The zero-order valence-electron chi connectivity index (χ0n) is 10.2. The van der Waals surface area contributed by atoms with Crippen molar-refractivity contribution < 1.29 is 0 Å². The molecule has 98 valence electrons. The highest BCUT2D eigenvalue weighted by Crippen LogP contribution is 2.30. The number of allylic oxidation sites excluding steroid dienone is 4. The van der Waals surface area contributed by atoms with Crippen LogP contribution < -0.4 is 0 Å². The summed E-state index contributed by atoms with van der Waals surface area (Å²) in [5.74, 6) is 0. The predicted octanol–water partition coefficient (Wildman–Crippen LogP) is 5.66. The number of nitriles is 1. The molecule has 4 heteroatoms. The van der Waals surface area contributed by atoms with Gasteiger partial charge in [-0.3, -0.25) is 0 Å². The van der Waals surface area contributed by atoms with E-state index in [0.717, 1.165) is 36.3 Å². The molecule has 1 nitrogen and oxygen atoms in total. The van der Waals surface area contributed by atoms with Crippen molar-refractivity contribution in [3.63, 3.8) is 0 Å². The van der Waals surface area contributed by atoms with Crippen LogP contribution in [0.2, 0.25) is 10.0 Å². The molecule has 0 radical (unpaired) electrons. The summed E-state index contributed by atoms with van der Waals surface area (Å²) in [6.45, 7) is 0. The van der Waals surface area contributed by atoms with Crippen molar-refractivity contribution in [2.75, 3.05) is 0 Å². The lowest BCUT2D eigenvalue weighted by Gasteiger charge is -2.13. The lowest BCUT2D eigenvalue weighted by Crippen LogP contribution is -1.97. The molecule has 0 bridgehead atoms. The molecule has 0 saturated carbocycles. The first-order valence-electron chi connectivity index (χ1n) is 6.02. The quantitative estimate of drug-likeness (QED) is 0.706. The minimum absolute atomic E-state index is 0.570. The van der Waals surface area contributed by atoms with Gasteiger partial charge in [-0.05, 0) is 55.5 Å². The molecule has 0 atom stereocenters. The second-order valence-corrected chi connectivity index (χ2v) is 5.73. The first-order valence-corrected chi connectivity index (χ1v) is 7.15. The van der Waals surface area contributed by atoms with Gasteiger partial charge in [-0.1, -0.05) is 40.4 Å². The minimum atomic E-state index is 0.570. The van der Waals surface area contributed by atoms with Crippen LogP contribution in [-0.4, -0.2) is 0 Å². The third-order valence-corrected chi connectivity index (χ3v) is 4.11. The van der Waals surface area contributed by atoms with Crippen molar-refractivity contribution in [2.24, 2.45) is 0 Å². The van der Waals surface area contributed by atoms with Gasteiger partial charge in [0.25, 0.3) is 0 Å². The maximum Gasteiger partial charge on any atom is 0.0962 e. The van der Waals surface area contributed by atoms with E-state index in [1.54, 1.807) is 6.07 Å². The SMILES string of the molecule is N#CC1=C(Cl)C=C(CCc2cc(Cl)ccc2Cl)CC1. The Bertz CT molecular complexity index is 594. The summed E-state index contributed by atoms with van der Waals surface area (Å²) in [5, 5.41) is 10.9. The molecule has 0 amide bonds. The fourth-order valence-corrected chi connectivity index (χ4v) is 2.78. The van der Waals surface area contributed by atoms with Gasteiger partial charge in [-0.25, -0.2) is 0 Å². The van der Waals surface area contributed by atoms with Gasteiger partial charge in [0.15, 0.2) is 0 Å². The van der Waals surface area contributed by atoms with Gasteiger partial charge in [-0.15, -0.1) is 0 Å². The first kappa shape index (κ1) is 14.5. The van der Waals surface area contributed by atoms with Crippen LogP contribution in [0.5, 0.6) is 0 Å².